The Labute approximate surface area is 125 Å². The van der Waals surface area contributed by atoms with Crippen molar-refractivity contribution < 1.29 is 19.1 Å². The Morgan fingerprint density at radius 2 is 1.30 bits per heavy atom. The summed E-state index contributed by atoms with van der Waals surface area (Å²) in [6.45, 7) is 2.94. The van der Waals surface area contributed by atoms with Crippen molar-refractivity contribution in [1.82, 2.24) is 0 Å². The first-order valence-electron chi connectivity index (χ1n) is 5.63. The maximum Gasteiger partial charge on any atom is 0.258 e. The zero-order chi connectivity index (χ0) is 15.4. The van der Waals surface area contributed by atoms with Gasteiger partial charge in [0, 0.05) is 6.07 Å². The van der Waals surface area contributed by atoms with E-state index in [0.29, 0.717) is 0 Å². The van der Waals surface area contributed by atoms with E-state index in [0.717, 1.165) is 0 Å². The molecule has 0 heterocycles. The van der Waals surface area contributed by atoms with Crippen LogP contribution < -0.4 is 20.9 Å². The lowest BCUT2D eigenvalue weighted by Crippen LogP contribution is -2.31. The van der Waals surface area contributed by atoms with Gasteiger partial charge in [0.1, 0.15) is 11.5 Å². The summed E-state index contributed by atoms with van der Waals surface area (Å²) in [5, 5.41) is 0.365. The maximum atomic E-state index is 11.0. The van der Waals surface area contributed by atoms with Crippen LogP contribution in [0.4, 0.5) is 0 Å². The van der Waals surface area contributed by atoms with E-state index in [4.69, 9.17) is 44.1 Å². The third-order valence-electron chi connectivity index (χ3n) is 2.40. The average molecular weight is 321 g/mol. The van der Waals surface area contributed by atoms with E-state index < -0.39 is 24.0 Å². The van der Waals surface area contributed by atoms with Crippen molar-refractivity contribution in [1.29, 1.82) is 0 Å². The number of primary amides is 2. The highest BCUT2D eigenvalue weighted by Gasteiger charge is 2.18. The molecule has 4 N–H and O–H groups in total. The standard InChI is InChI=1S/C12H14Cl2N2O4/c1-5(11(15)17)19-9-4-10(8(14)3-7(9)13)20-6(2)12(16)18/h3-6H,1-2H3,(H2,15,17)(H2,16,18)/t5-,6-/m0/s1. The Bertz CT molecular complexity index is 493. The number of carbonyl (C=O) groups excluding carboxylic acids is 2. The molecule has 1 aromatic carbocycles. The fourth-order valence-electron chi connectivity index (χ4n) is 1.19. The normalized spacial score (nSPS) is 13.4. The minimum atomic E-state index is -0.880. The van der Waals surface area contributed by atoms with Gasteiger partial charge >= 0.3 is 0 Å². The van der Waals surface area contributed by atoms with Crippen molar-refractivity contribution >= 4 is 35.0 Å². The van der Waals surface area contributed by atoms with Crippen LogP contribution in [-0.4, -0.2) is 24.0 Å². The second kappa shape index (κ2) is 6.67. The molecule has 0 aliphatic carbocycles. The number of nitrogens with two attached hydrogens (primary N) is 2. The Hall–Kier alpha value is -1.66. The van der Waals surface area contributed by atoms with Crippen molar-refractivity contribution in [2.24, 2.45) is 11.5 Å². The number of carbonyl (C=O) groups is 2. The monoisotopic (exact) mass is 320 g/mol. The minimum Gasteiger partial charge on any atom is -0.479 e. The molecule has 6 nitrogen and oxygen atoms in total. The summed E-state index contributed by atoms with van der Waals surface area (Å²) in [5.41, 5.74) is 10.2. The number of halogens is 2. The molecule has 1 rings (SSSR count). The third-order valence-corrected chi connectivity index (χ3v) is 2.99. The van der Waals surface area contributed by atoms with Crippen LogP contribution in [0.5, 0.6) is 11.5 Å². The van der Waals surface area contributed by atoms with Crippen molar-refractivity contribution in [3.63, 3.8) is 0 Å². The highest BCUT2D eigenvalue weighted by atomic mass is 35.5. The lowest BCUT2D eigenvalue weighted by atomic mass is 10.3. The van der Waals surface area contributed by atoms with Gasteiger partial charge in [-0.1, -0.05) is 23.2 Å². The zero-order valence-electron chi connectivity index (χ0n) is 10.9. The first-order chi connectivity index (χ1) is 9.22. The van der Waals surface area contributed by atoms with Crippen LogP contribution in [0.15, 0.2) is 12.1 Å². The lowest BCUT2D eigenvalue weighted by Gasteiger charge is -2.17. The van der Waals surface area contributed by atoms with E-state index >= 15 is 0 Å². The fraction of sp³-hybridized carbons (Fsp3) is 0.333. The van der Waals surface area contributed by atoms with Gasteiger partial charge in [0.25, 0.3) is 11.8 Å². The molecule has 0 aliphatic heterocycles. The van der Waals surface area contributed by atoms with E-state index in [-0.39, 0.29) is 21.5 Å². The summed E-state index contributed by atoms with van der Waals surface area (Å²) >= 11 is 11.9. The van der Waals surface area contributed by atoms with Gasteiger partial charge in [-0.3, -0.25) is 9.59 Å². The smallest absolute Gasteiger partial charge is 0.258 e. The van der Waals surface area contributed by atoms with Gasteiger partial charge in [-0.15, -0.1) is 0 Å². The van der Waals surface area contributed by atoms with Crippen LogP contribution in [0.3, 0.4) is 0 Å². The predicted octanol–water partition coefficient (Wildman–Crippen LogP) is 1.50. The van der Waals surface area contributed by atoms with Crippen molar-refractivity contribution in [2.45, 2.75) is 26.1 Å². The Kier molecular flexibility index (Phi) is 5.47. The molecular weight excluding hydrogens is 307 g/mol. The molecule has 2 atom stereocenters. The molecule has 0 spiro atoms. The second-order valence-electron chi connectivity index (χ2n) is 4.04. The van der Waals surface area contributed by atoms with Crippen LogP contribution >= 0.6 is 23.2 Å². The molecule has 8 heteroatoms. The molecule has 0 radical (unpaired) electrons. The summed E-state index contributed by atoms with van der Waals surface area (Å²) < 4.78 is 10.6. The van der Waals surface area contributed by atoms with Crippen molar-refractivity contribution in [2.75, 3.05) is 0 Å². The van der Waals surface area contributed by atoms with E-state index in [2.05, 4.69) is 0 Å². The van der Waals surface area contributed by atoms with Gasteiger partial charge in [0.15, 0.2) is 12.2 Å². The van der Waals surface area contributed by atoms with E-state index in [1.165, 1.54) is 26.0 Å². The Morgan fingerprint density at radius 1 is 0.950 bits per heavy atom. The van der Waals surface area contributed by atoms with Gasteiger partial charge in [0.2, 0.25) is 0 Å². The summed E-state index contributed by atoms with van der Waals surface area (Å²) in [4.78, 5) is 21.9. The van der Waals surface area contributed by atoms with Crippen LogP contribution in [-0.2, 0) is 9.59 Å². The molecule has 1 aromatic rings. The summed E-state index contributed by atoms with van der Waals surface area (Å²) in [6, 6.07) is 2.73. The highest BCUT2D eigenvalue weighted by molar-refractivity contribution is 6.36. The van der Waals surface area contributed by atoms with E-state index in [9.17, 15) is 9.59 Å². The topological polar surface area (TPSA) is 105 Å². The van der Waals surface area contributed by atoms with E-state index in [1.54, 1.807) is 0 Å². The molecule has 2 amide bonds. The van der Waals surface area contributed by atoms with Gasteiger partial charge in [0.05, 0.1) is 10.0 Å². The lowest BCUT2D eigenvalue weighted by molar-refractivity contribution is -0.124. The van der Waals surface area contributed by atoms with Crippen molar-refractivity contribution in [3.05, 3.63) is 22.2 Å². The average Bonchev–Trinajstić information content (AvgIpc) is 2.34. The number of hydrogen-bond donors (Lipinski definition) is 2. The molecule has 0 aliphatic rings. The summed E-state index contributed by atoms with van der Waals surface area (Å²) in [7, 11) is 0. The van der Waals surface area contributed by atoms with Crippen LogP contribution in [0.25, 0.3) is 0 Å². The van der Waals surface area contributed by atoms with Gasteiger partial charge < -0.3 is 20.9 Å². The first-order valence-corrected chi connectivity index (χ1v) is 6.39. The van der Waals surface area contributed by atoms with Gasteiger partial charge in [-0.05, 0) is 19.9 Å². The Morgan fingerprint density at radius 3 is 1.60 bits per heavy atom. The molecule has 20 heavy (non-hydrogen) atoms. The number of ether oxygens (including phenoxy) is 2. The van der Waals surface area contributed by atoms with Crippen LogP contribution in [0, 0.1) is 0 Å². The number of rotatable bonds is 6. The number of hydrogen-bond acceptors (Lipinski definition) is 4. The second-order valence-corrected chi connectivity index (χ2v) is 4.85. The molecule has 110 valence electrons. The zero-order valence-corrected chi connectivity index (χ0v) is 12.4. The quantitative estimate of drug-likeness (QED) is 0.828. The summed E-state index contributed by atoms with van der Waals surface area (Å²) in [6.07, 6.45) is -1.76. The molecule has 0 unspecified atom stereocenters. The minimum absolute atomic E-state index is 0.161. The molecule has 0 fully saturated rings. The SMILES string of the molecule is C[C@H](Oc1cc(O[C@@H](C)C(N)=O)c(Cl)cc1Cl)C(N)=O. The molecule has 0 bridgehead atoms. The predicted molar refractivity (Wildman–Crippen MR) is 75.0 cm³/mol. The number of amides is 2. The van der Waals surface area contributed by atoms with Crippen LogP contribution in [0.1, 0.15) is 13.8 Å². The molecule has 0 saturated heterocycles. The fourth-order valence-corrected chi connectivity index (χ4v) is 1.66. The third kappa shape index (κ3) is 4.18. The van der Waals surface area contributed by atoms with Gasteiger partial charge in [-0.25, -0.2) is 0 Å². The summed E-state index contributed by atoms with van der Waals surface area (Å²) in [5.74, 6) is -0.976. The van der Waals surface area contributed by atoms with Crippen molar-refractivity contribution in [3.8, 4) is 11.5 Å². The maximum absolute atomic E-state index is 11.0. The Balaban J connectivity index is 3.03. The first kappa shape index (κ1) is 16.4. The molecular formula is C12H14Cl2N2O4. The highest BCUT2D eigenvalue weighted by Crippen LogP contribution is 2.36. The molecule has 0 aromatic heterocycles. The van der Waals surface area contributed by atoms with E-state index in [1.807, 2.05) is 0 Å². The van der Waals surface area contributed by atoms with Gasteiger partial charge in [-0.2, -0.15) is 0 Å². The molecule has 0 saturated carbocycles. The number of benzene rings is 1. The largest absolute Gasteiger partial charge is 0.479 e. The van der Waals surface area contributed by atoms with Crippen LogP contribution in [0.2, 0.25) is 10.0 Å².